The van der Waals surface area contributed by atoms with Crippen molar-refractivity contribution in [1.29, 1.82) is 0 Å². The molecule has 26 heavy (non-hydrogen) atoms. The van der Waals surface area contributed by atoms with Crippen LogP contribution >= 0.6 is 11.6 Å². The summed E-state index contributed by atoms with van der Waals surface area (Å²) in [7, 11) is 1.62. The molecule has 5 nitrogen and oxygen atoms in total. The Labute approximate surface area is 157 Å². The van der Waals surface area contributed by atoms with Crippen LogP contribution in [0.4, 0.5) is 5.69 Å². The lowest BCUT2D eigenvalue weighted by Crippen LogP contribution is -2.06. The normalized spacial score (nSPS) is 14.3. The van der Waals surface area contributed by atoms with Gasteiger partial charge in [-0.05, 0) is 42.8 Å². The SMILES string of the molecule is CCOc1cc(/C=C2/C(=O)Nc3cc(Cl)ccc32)ccc1OCCOC. The van der Waals surface area contributed by atoms with E-state index < -0.39 is 0 Å². The summed E-state index contributed by atoms with van der Waals surface area (Å²) in [6.45, 7) is 3.36. The van der Waals surface area contributed by atoms with E-state index in [1.165, 1.54) is 0 Å². The number of halogens is 1. The minimum Gasteiger partial charge on any atom is -0.490 e. The van der Waals surface area contributed by atoms with Gasteiger partial charge in [0.1, 0.15) is 6.61 Å². The summed E-state index contributed by atoms with van der Waals surface area (Å²) in [6.07, 6.45) is 1.83. The summed E-state index contributed by atoms with van der Waals surface area (Å²) in [5, 5.41) is 3.42. The lowest BCUT2D eigenvalue weighted by atomic mass is 10.0. The first-order valence-corrected chi connectivity index (χ1v) is 8.71. The quantitative estimate of drug-likeness (QED) is 0.582. The average Bonchev–Trinajstić information content (AvgIpc) is 2.92. The highest BCUT2D eigenvalue weighted by atomic mass is 35.5. The molecule has 2 aromatic rings. The van der Waals surface area contributed by atoms with Crippen molar-refractivity contribution in [2.45, 2.75) is 6.92 Å². The van der Waals surface area contributed by atoms with Crippen molar-refractivity contribution < 1.29 is 19.0 Å². The van der Waals surface area contributed by atoms with Gasteiger partial charge in [-0.1, -0.05) is 23.7 Å². The molecular formula is C20H20ClNO4. The predicted octanol–water partition coefficient (Wildman–Crippen LogP) is 4.26. The van der Waals surface area contributed by atoms with Crippen LogP contribution in [-0.2, 0) is 9.53 Å². The van der Waals surface area contributed by atoms with Gasteiger partial charge in [-0.3, -0.25) is 4.79 Å². The maximum absolute atomic E-state index is 12.3. The van der Waals surface area contributed by atoms with Crippen molar-refractivity contribution in [3.05, 3.63) is 52.5 Å². The third-order valence-corrected chi connectivity index (χ3v) is 4.12. The molecule has 1 heterocycles. The van der Waals surface area contributed by atoms with Gasteiger partial charge in [-0.25, -0.2) is 0 Å². The number of fused-ring (bicyclic) bond motifs is 1. The van der Waals surface area contributed by atoms with Crippen LogP contribution in [0.3, 0.4) is 0 Å². The molecule has 0 atom stereocenters. The highest BCUT2D eigenvalue weighted by molar-refractivity contribution is 6.36. The van der Waals surface area contributed by atoms with Crippen molar-refractivity contribution >= 4 is 34.8 Å². The van der Waals surface area contributed by atoms with Crippen LogP contribution in [0.25, 0.3) is 11.6 Å². The van der Waals surface area contributed by atoms with E-state index in [1.54, 1.807) is 19.2 Å². The van der Waals surface area contributed by atoms with E-state index in [4.69, 9.17) is 25.8 Å². The van der Waals surface area contributed by atoms with E-state index in [0.717, 1.165) is 16.8 Å². The Bertz CT molecular complexity index is 848. The minimum absolute atomic E-state index is 0.152. The van der Waals surface area contributed by atoms with Crippen LogP contribution in [0.2, 0.25) is 5.02 Å². The van der Waals surface area contributed by atoms with Crippen molar-refractivity contribution in [1.82, 2.24) is 0 Å². The second-order valence-electron chi connectivity index (χ2n) is 5.68. The molecule has 6 heteroatoms. The van der Waals surface area contributed by atoms with Gasteiger partial charge >= 0.3 is 0 Å². The Balaban J connectivity index is 1.91. The van der Waals surface area contributed by atoms with E-state index in [-0.39, 0.29) is 5.91 Å². The van der Waals surface area contributed by atoms with Crippen LogP contribution in [0.15, 0.2) is 36.4 Å². The number of benzene rings is 2. The molecule has 3 rings (SSSR count). The van der Waals surface area contributed by atoms with Crippen LogP contribution in [0, 0.1) is 0 Å². The number of rotatable bonds is 7. The number of carbonyl (C=O) groups excluding carboxylic acids is 1. The number of methoxy groups -OCH3 is 1. The maximum Gasteiger partial charge on any atom is 0.256 e. The molecule has 0 spiro atoms. The Hall–Kier alpha value is -2.50. The van der Waals surface area contributed by atoms with Crippen molar-refractivity contribution in [3.63, 3.8) is 0 Å². The summed E-state index contributed by atoms with van der Waals surface area (Å²) in [5.74, 6) is 1.13. The fraction of sp³-hybridized carbons (Fsp3) is 0.250. The van der Waals surface area contributed by atoms with Crippen molar-refractivity contribution in [3.8, 4) is 11.5 Å². The van der Waals surface area contributed by atoms with Gasteiger partial charge < -0.3 is 19.5 Å². The van der Waals surface area contributed by atoms with Gasteiger partial charge in [0.15, 0.2) is 11.5 Å². The second kappa shape index (κ2) is 8.25. The summed E-state index contributed by atoms with van der Waals surface area (Å²) < 4.78 is 16.4. The standard InChI is InChI=1S/C20H20ClNO4/c1-3-25-19-11-13(4-7-18(19)26-9-8-24-2)10-16-15-6-5-14(21)12-17(15)22-20(16)23/h4-7,10-12H,3,8-9H2,1-2H3,(H,22,23)/b16-10+. The van der Waals surface area contributed by atoms with Gasteiger partial charge in [-0.2, -0.15) is 0 Å². The van der Waals surface area contributed by atoms with Crippen LogP contribution < -0.4 is 14.8 Å². The molecule has 0 unspecified atom stereocenters. The van der Waals surface area contributed by atoms with E-state index in [9.17, 15) is 4.79 Å². The highest BCUT2D eigenvalue weighted by Crippen LogP contribution is 2.36. The van der Waals surface area contributed by atoms with E-state index in [1.807, 2.05) is 37.3 Å². The fourth-order valence-corrected chi connectivity index (χ4v) is 2.89. The number of hydrogen-bond donors (Lipinski definition) is 1. The molecule has 1 aliphatic rings. The smallest absolute Gasteiger partial charge is 0.256 e. The number of ether oxygens (including phenoxy) is 3. The lowest BCUT2D eigenvalue weighted by Gasteiger charge is -2.12. The Kier molecular flexibility index (Phi) is 5.81. The van der Waals surface area contributed by atoms with Crippen molar-refractivity contribution in [2.75, 3.05) is 32.2 Å². The van der Waals surface area contributed by atoms with Crippen LogP contribution in [-0.4, -0.2) is 32.8 Å². The van der Waals surface area contributed by atoms with Crippen LogP contribution in [0.1, 0.15) is 18.1 Å². The zero-order valence-corrected chi connectivity index (χ0v) is 15.4. The molecule has 0 saturated heterocycles. The van der Waals surface area contributed by atoms with Crippen molar-refractivity contribution in [2.24, 2.45) is 0 Å². The van der Waals surface area contributed by atoms with Gasteiger partial charge in [0.25, 0.3) is 5.91 Å². The molecule has 136 valence electrons. The molecule has 1 aliphatic heterocycles. The molecule has 0 radical (unpaired) electrons. The number of hydrogen-bond acceptors (Lipinski definition) is 4. The highest BCUT2D eigenvalue weighted by Gasteiger charge is 2.24. The first kappa shape index (κ1) is 18.3. The Morgan fingerprint density at radius 1 is 1.08 bits per heavy atom. The number of anilines is 1. The Morgan fingerprint density at radius 2 is 1.92 bits per heavy atom. The molecular weight excluding hydrogens is 354 g/mol. The Morgan fingerprint density at radius 3 is 2.69 bits per heavy atom. The largest absolute Gasteiger partial charge is 0.490 e. The maximum atomic E-state index is 12.3. The topological polar surface area (TPSA) is 56.8 Å². The first-order valence-electron chi connectivity index (χ1n) is 8.34. The molecule has 0 aromatic heterocycles. The third-order valence-electron chi connectivity index (χ3n) is 3.89. The summed E-state index contributed by atoms with van der Waals surface area (Å²) in [5.41, 5.74) is 2.99. The molecule has 1 N–H and O–H groups in total. The number of amides is 1. The molecule has 0 aliphatic carbocycles. The lowest BCUT2D eigenvalue weighted by molar-refractivity contribution is -0.110. The molecule has 0 fully saturated rings. The van der Waals surface area contributed by atoms with Gasteiger partial charge in [-0.15, -0.1) is 0 Å². The van der Waals surface area contributed by atoms with Gasteiger partial charge in [0, 0.05) is 23.3 Å². The minimum atomic E-state index is -0.152. The average molecular weight is 374 g/mol. The summed E-state index contributed by atoms with van der Waals surface area (Å²) >= 11 is 5.99. The van der Waals surface area contributed by atoms with E-state index in [2.05, 4.69) is 5.32 Å². The van der Waals surface area contributed by atoms with E-state index in [0.29, 0.717) is 41.9 Å². The predicted molar refractivity (Wildman–Crippen MR) is 103 cm³/mol. The fourth-order valence-electron chi connectivity index (χ4n) is 2.71. The van der Waals surface area contributed by atoms with E-state index >= 15 is 0 Å². The van der Waals surface area contributed by atoms with Gasteiger partial charge in [0.2, 0.25) is 0 Å². The van der Waals surface area contributed by atoms with Gasteiger partial charge in [0.05, 0.1) is 18.9 Å². The summed E-state index contributed by atoms with van der Waals surface area (Å²) in [6, 6.07) is 10.9. The molecule has 0 saturated carbocycles. The zero-order chi connectivity index (χ0) is 18.5. The number of carbonyl (C=O) groups is 1. The zero-order valence-electron chi connectivity index (χ0n) is 14.7. The monoisotopic (exact) mass is 373 g/mol. The molecule has 2 aromatic carbocycles. The second-order valence-corrected chi connectivity index (χ2v) is 6.12. The number of nitrogens with one attached hydrogen (secondary N) is 1. The van der Waals surface area contributed by atoms with Crippen LogP contribution in [0.5, 0.6) is 11.5 Å². The molecule has 1 amide bonds. The first-order chi connectivity index (χ1) is 12.6. The molecule has 0 bridgehead atoms. The third kappa shape index (κ3) is 4.00. The summed E-state index contributed by atoms with van der Waals surface area (Å²) in [4.78, 5) is 12.3.